The van der Waals surface area contributed by atoms with E-state index in [0.29, 0.717) is 0 Å². The zero-order chi connectivity index (χ0) is 3.58. The molecular formula is C2H4BaO2. The molecule has 0 atom stereocenters. The van der Waals surface area contributed by atoms with E-state index in [1.807, 2.05) is 0 Å². The van der Waals surface area contributed by atoms with Gasteiger partial charge in [0.2, 0.25) is 0 Å². The Hall–Kier alpha value is 1.04. The molecule has 0 aliphatic rings. The van der Waals surface area contributed by atoms with E-state index < -0.39 is 5.97 Å². The quantitative estimate of drug-likeness (QED) is 0.542. The second-order valence-corrected chi connectivity index (χ2v) is 0.519. The topological polar surface area (TPSA) is 37.3 Å². The Balaban J connectivity index is 0. The van der Waals surface area contributed by atoms with E-state index in [-0.39, 0.29) is 48.9 Å². The van der Waals surface area contributed by atoms with Crippen molar-refractivity contribution in [3.63, 3.8) is 0 Å². The molecule has 2 nitrogen and oxygen atoms in total. The Bertz CT molecular complexity index is 30.6. The van der Waals surface area contributed by atoms with Crippen molar-refractivity contribution < 1.29 is 9.90 Å². The number of hydrogen-bond donors (Lipinski definition) is 1. The second kappa shape index (κ2) is 5.04. The zero-order valence-corrected chi connectivity index (χ0v) is 7.50. The molecule has 0 aromatic heterocycles. The van der Waals surface area contributed by atoms with Crippen LogP contribution in [0.5, 0.6) is 0 Å². The largest absolute Gasteiger partial charge is 0.481 e. The predicted octanol–water partition coefficient (Wildman–Crippen LogP) is -0.290. The van der Waals surface area contributed by atoms with E-state index in [1.165, 1.54) is 0 Å². The van der Waals surface area contributed by atoms with Crippen molar-refractivity contribution in [2.45, 2.75) is 6.92 Å². The van der Waals surface area contributed by atoms with E-state index in [9.17, 15) is 0 Å². The van der Waals surface area contributed by atoms with E-state index in [0.717, 1.165) is 6.92 Å². The average Bonchev–Trinajstić information content (AvgIpc) is 0.811. The fourth-order valence-electron chi connectivity index (χ4n) is 0. The summed E-state index contributed by atoms with van der Waals surface area (Å²) in [5.41, 5.74) is 0. The number of aliphatic carboxylic acids is 1. The van der Waals surface area contributed by atoms with Crippen LogP contribution in [-0.2, 0) is 4.79 Å². The van der Waals surface area contributed by atoms with Crippen molar-refractivity contribution >= 4 is 54.9 Å². The van der Waals surface area contributed by atoms with Gasteiger partial charge in [-0.1, -0.05) is 0 Å². The zero-order valence-electron chi connectivity index (χ0n) is 3.06. The van der Waals surface area contributed by atoms with Gasteiger partial charge in [0.25, 0.3) is 5.97 Å². The summed E-state index contributed by atoms with van der Waals surface area (Å²) in [6.07, 6.45) is 0. The van der Waals surface area contributed by atoms with Crippen LogP contribution in [0.1, 0.15) is 6.92 Å². The molecule has 0 amide bonds. The molecule has 5 heavy (non-hydrogen) atoms. The van der Waals surface area contributed by atoms with Gasteiger partial charge < -0.3 is 5.11 Å². The third-order valence-electron chi connectivity index (χ3n) is 0. The Labute approximate surface area is 70.6 Å². The monoisotopic (exact) mass is 198 g/mol. The first-order chi connectivity index (χ1) is 1.73. The van der Waals surface area contributed by atoms with Crippen LogP contribution in [0, 0.1) is 0 Å². The summed E-state index contributed by atoms with van der Waals surface area (Å²) in [6.45, 7) is 1.08. The molecule has 0 spiro atoms. The van der Waals surface area contributed by atoms with Gasteiger partial charge in [0.15, 0.2) is 0 Å². The van der Waals surface area contributed by atoms with Gasteiger partial charge in [-0.3, -0.25) is 4.79 Å². The molecule has 2 radical (unpaired) electrons. The third-order valence-corrected chi connectivity index (χ3v) is 0. The minimum atomic E-state index is -0.833. The minimum absolute atomic E-state index is 0. The van der Waals surface area contributed by atoms with E-state index in [2.05, 4.69) is 0 Å². The van der Waals surface area contributed by atoms with Crippen LogP contribution in [0.15, 0.2) is 0 Å². The van der Waals surface area contributed by atoms with Gasteiger partial charge in [-0.25, -0.2) is 0 Å². The Morgan fingerprint density at radius 1 is 1.80 bits per heavy atom. The molecule has 0 aliphatic heterocycles. The fourth-order valence-corrected chi connectivity index (χ4v) is 0. The summed E-state index contributed by atoms with van der Waals surface area (Å²) in [7, 11) is 0. The molecule has 1 N–H and O–H groups in total. The van der Waals surface area contributed by atoms with Crippen LogP contribution in [-0.4, -0.2) is 60.0 Å². The summed E-state index contributed by atoms with van der Waals surface area (Å²) >= 11 is 0. The number of carbonyl (C=O) groups is 1. The van der Waals surface area contributed by atoms with Gasteiger partial charge in [0.05, 0.1) is 0 Å². The van der Waals surface area contributed by atoms with Gasteiger partial charge in [-0.05, 0) is 0 Å². The molecule has 3 heteroatoms. The Morgan fingerprint density at radius 2 is 1.80 bits per heavy atom. The summed E-state index contributed by atoms with van der Waals surface area (Å²) < 4.78 is 0. The van der Waals surface area contributed by atoms with Gasteiger partial charge in [-0.15, -0.1) is 0 Å². The molecule has 0 unspecified atom stereocenters. The first-order valence-electron chi connectivity index (χ1n) is 0.928. The second-order valence-electron chi connectivity index (χ2n) is 0.519. The molecule has 0 aromatic rings. The van der Waals surface area contributed by atoms with Crippen LogP contribution in [0.4, 0.5) is 0 Å². The SMILES string of the molecule is CC(=O)O.[Ba]. The molecule has 0 saturated heterocycles. The molecule has 0 fully saturated rings. The maximum Gasteiger partial charge on any atom is 0.300 e. The van der Waals surface area contributed by atoms with Crippen molar-refractivity contribution in [3.05, 3.63) is 0 Å². The van der Waals surface area contributed by atoms with Crippen LogP contribution < -0.4 is 0 Å². The maximum atomic E-state index is 9.00. The molecule has 0 heterocycles. The minimum Gasteiger partial charge on any atom is -0.481 e. The maximum absolute atomic E-state index is 9.00. The molecule has 0 aromatic carbocycles. The molecule has 0 rings (SSSR count). The van der Waals surface area contributed by atoms with E-state index in [4.69, 9.17) is 9.90 Å². The van der Waals surface area contributed by atoms with Gasteiger partial charge in [0.1, 0.15) is 0 Å². The van der Waals surface area contributed by atoms with Crippen molar-refractivity contribution in [1.82, 2.24) is 0 Å². The summed E-state index contributed by atoms with van der Waals surface area (Å²) in [5, 5.41) is 7.42. The van der Waals surface area contributed by atoms with Crippen LogP contribution >= 0.6 is 0 Å². The summed E-state index contributed by atoms with van der Waals surface area (Å²) in [6, 6.07) is 0. The van der Waals surface area contributed by atoms with E-state index >= 15 is 0 Å². The number of carboxylic acid groups (broad SMARTS) is 1. The van der Waals surface area contributed by atoms with Crippen molar-refractivity contribution in [3.8, 4) is 0 Å². The van der Waals surface area contributed by atoms with Gasteiger partial charge in [-0.2, -0.15) is 0 Å². The first kappa shape index (κ1) is 9.40. The number of carboxylic acids is 1. The van der Waals surface area contributed by atoms with Crippen molar-refractivity contribution in [2.75, 3.05) is 0 Å². The molecular weight excluding hydrogens is 193 g/mol. The Morgan fingerprint density at radius 3 is 1.80 bits per heavy atom. The Kier molecular flexibility index (Phi) is 9.48. The summed E-state index contributed by atoms with van der Waals surface area (Å²) in [5.74, 6) is -0.833. The fraction of sp³-hybridized carbons (Fsp3) is 0.500. The van der Waals surface area contributed by atoms with Crippen LogP contribution in [0.3, 0.4) is 0 Å². The normalized spacial score (nSPS) is 5.00. The third kappa shape index (κ3) is 43.0. The average molecular weight is 197 g/mol. The van der Waals surface area contributed by atoms with Crippen LogP contribution in [0.25, 0.3) is 0 Å². The summed E-state index contributed by atoms with van der Waals surface area (Å²) in [4.78, 5) is 9.00. The molecule has 0 saturated carbocycles. The predicted molar refractivity (Wildman–Crippen MR) is 19.1 cm³/mol. The molecule has 0 aliphatic carbocycles. The molecule has 26 valence electrons. The van der Waals surface area contributed by atoms with E-state index in [1.54, 1.807) is 0 Å². The van der Waals surface area contributed by atoms with Crippen molar-refractivity contribution in [2.24, 2.45) is 0 Å². The van der Waals surface area contributed by atoms with Gasteiger partial charge in [0, 0.05) is 55.8 Å². The van der Waals surface area contributed by atoms with Crippen LogP contribution in [0.2, 0.25) is 0 Å². The smallest absolute Gasteiger partial charge is 0.300 e. The number of hydrogen-bond acceptors (Lipinski definition) is 1. The van der Waals surface area contributed by atoms with Gasteiger partial charge >= 0.3 is 0 Å². The first-order valence-corrected chi connectivity index (χ1v) is 0.928. The standard InChI is InChI=1S/C2H4O2.Ba/c1-2(3)4;/h1H3,(H,3,4);. The van der Waals surface area contributed by atoms with Crippen molar-refractivity contribution in [1.29, 1.82) is 0 Å². The number of rotatable bonds is 0. The molecule has 0 bridgehead atoms.